The van der Waals surface area contributed by atoms with Crippen LogP contribution >= 0.6 is 15.9 Å². The van der Waals surface area contributed by atoms with Crippen molar-refractivity contribution >= 4 is 15.9 Å². The third kappa shape index (κ3) is 3.84. The largest absolute Gasteiger partial charge is 0.419 e. The Morgan fingerprint density at radius 1 is 1.32 bits per heavy atom. The van der Waals surface area contributed by atoms with Gasteiger partial charge in [0.15, 0.2) is 0 Å². The van der Waals surface area contributed by atoms with Crippen LogP contribution in [0.25, 0.3) is 11.5 Å². The quantitative estimate of drug-likeness (QED) is 0.936. The second kappa shape index (κ2) is 5.38. The van der Waals surface area contributed by atoms with Gasteiger partial charge in [0, 0.05) is 10.0 Å². The van der Waals surface area contributed by atoms with Gasteiger partial charge in [-0.3, -0.25) is 0 Å². The summed E-state index contributed by atoms with van der Waals surface area (Å²) >= 11 is 3.29. The molecule has 1 aromatic heterocycles. The lowest BCUT2D eigenvalue weighted by molar-refractivity contribution is 0.383. The predicted octanol–water partition coefficient (Wildman–Crippen LogP) is 3.53. The number of halogens is 2. The van der Waals surface area contributed by atoms with Gasteiger partial charge in [0.2, 0.25) is 5.89 Å². The van der Waals surface area contributed by atoms with Gasteiger partial charge in [-0.1, -0.05) is 15.9 Å². The standard InChI is InChI=1S/C13H15BrFN3O/c1-13(2,3)16-7-11-17-18-12(19-11)9-6-8(14)4-5-10(9)15/h4-6,16H,7H2,1-3H3. The first-order chi connectivity index (χ1) is 8.85. The van der Waals surface area contributed by atoms with Gasteiger partial charge in [-0.2, -0.15) is 0 Å². The van der Waals surface area contributed by atoms with Gasteiger partial charge >= 0.3 is 0 Å². The van der Waals surface area contributed by atoms with Crippen molar-refractivity contribution in [1.29, 1.82) is 0 Å². The Bertz CT molecular complexity index is 578. The predicted molar refractivity (Wildman–Crippen MR) is 74.0 cm³/mol. The molecule has 0 fully saturated rings. The van der Waals surface area contributed by atoms with E-state index in [-0.39, 0.29) is 17.2 Å². The zero-order chi connectivity index (χ0) is 14.0. The minimum Gasteiger partial charge on any atom is -0.419 e. The van der Waals surface area contributed by atoms with Gasteiger partial charge in [-0.05, 0) is 39.0 Å². The van der Waals surface area contributed by atoms with Crippen LogP contribution in [0, 0.1) is 5.82 Å². The highest BCUT2D eigenvalue weighted by molar-refractivity contribution is 9.10. The fraction of sp³-hybridized carbons (Fsp3) is 0.385. The lowest BCUT2D eigenvalue weighted by Crippen LogP contribution is -2.35. The molecule has 4 nitrogen and oxygen atoms in total. The Labute approximate surface area is 119 Å². The van der Waals surface area contributed by atoms with E-state index in [4.69, 9.17) is 4.42 Å². The molecule has 0 aliphatic carbocycles. The van der Waals surface area contributed by atoms with E-state index in [2.05, 4.69) is 31.4 Å². The fourth-order valence-electron chi connectivity index (χ4n) is 1.44. The highest BCUT2D eigenvalue weighted by Gasteiger charge is 2.15. The maximum atomic E-state index is 13.7. The lowest BCUT2D eigenvalue weighted by atomic mass is 10.1. The normalized spacial score (nSPS) is 11.8. The number of benzene rings is 1. The van der Waals surface area contributed by atoms with Crippen molar-refractivity contribution in [1.82, 2.24) is 15.5 Å². The Morgan fingerprint density at radius 3 is 2.74 bits per heavy atom. The zero-order valence-electron chi connectivity index (χ0n) is 11.0. The summed E-state index contributed by atoms with van der Waals surface area (Å²) in [6.07, 6.45) is 0. The minimum atomic E-state index is -0.387. The first kappa shape index (κ1) is 14.1. The molecule has 0 saturated carbocycles. The van der Waals surface area contributed by atoms with Crippen LogP contribution in [0.3, 0.4) is 0 Å². The van der Waals surface area contributed by atoms with Crippen molar-refractivity contribution in [2.24, 2.45) is 0 Å². The van der Waals surface area contributed by atoms with Crippen LogP contribution in [0.2, 0.25) is 0 Å². The summed E-state index contributed by atoms with van der Waals surface area (Å²) in [6.45, 7) is 6.57. The number of rotatable bonds is 3. The summed E-state index contributed by atoms with van der Waals surface area (Å²) < 4.78 is 19.9. The SMILES string of the molecule is CC(C)(C)NCc1nnc(-c2cc(Br)ccc2F)o1. The van der Waals surface area contributed by atoms with E-state index in [1.54, 1.807) is 12.1 Å². The summed E-state index contributed by atoms with van der Waals surface area (Å²) in [5.41, 5.74) is 0.249. The molecule has 0 aliphatic rings. The van der Waals surface area contributed by atoms with Crippen molar-refractivity contribution in [3.05, 3.63) is 34.4 Å². The molecule has 102 valence electrons. The molecular weight excluding hydrogens is 313 g/mol. The minimum absolute atomic E-state index is 0.0460. The fourth-order valence-corrected chi connectivity index (χ4v) is 1.80. The molecular formula is C13H15BrFN3O. The molecule has 2 aromatic rings. The molecule has 0 radical (unpaired) electrons. The smallest absolute Gasteiger partial charge is 0.250 e. The molecule has 1 heterocycles. The summed E-state index contributed by atoms with van der Waals surface area (Å²) in [5.74, 6) is 0.232. The monoisotopic (exact) mass is 327 g/mol. The van der Waals surface area contributed by atoms with E-state index < -0.39 is 0 Å². The summed E-state index contributed by atoms with van der Waals surface area (Å²) in [4.78, 5) is 0. The molecule has 0 amide bonds. The summed E-state index contributed by atoms with van der Waals surface area (Å²) in [6, 6.07) is 4.60. The van der Waals surface area contributed by atoms with Crippen molar-refractivity contribution < 1.29 is 8.81 Å². The molecule has 2 rings (SSSR count). The molecule has 0 spiro atoms. The third-order valence-electron chi connectivity index (χ3n) is 2.40. The van der Waals surface area contributed by atoms with Crippen LogP contribution < -0.4 is 5.32 Å². The number of nitrogens with one attached hydrogen (secondary N) is 1. The van der Waals surface area contributed by atoms with Crippen LogP contribution in [0.1, 0.15) is 26.7 Å². The van der Waals surface area contributed by atoms with Crippen LogP contribution in [-0.4, -0.2) is 15.7 Å². The Morgan fingerprint density at radius 2 is 2.05 bits per heavy atom. The number of hydrogen-bond donors (Lipinski definition) is 1. The van der Waals surface area contributed by atoms with Gasteiger partial charge in [0.1, 0.15) is 5.82 Å². The summed E-state index contributed by atoms with van der Waals surface area (Å²) in [5, 5.41) is 11.0. The van der Waals surface area contributed by atoms with E-state index in [0.29, 0.717) is 18.0 Å². The second-order valence-electron chi connectivity index (χ2n) is 5.23. The van der Waals surface area contributed by atoms with E-state index in [0.717, 1.165) is 4.47 Å². The average molecular weight is 328 g/mol. The van der Waals surface area contributed by atoms with Gasteiger partial charge in [0.25, 0.3) is 5.89 Å². The number of aromatic nitrogens is 2. The third-order valence-corrected chi connectivity index (χ3v) is 2.89. The highest BCUT2D eigenvalue weighted by atomic mass is 79.9. The van der Waals surface area contributed by atoms with Gasteiger partial charge < -0.3 is 9.73 Å². The average Bonchev–Trinajstić information content (AvgIpc) is 2.77. The molecule has 6 heteroatoms. The number of hydrogen-bond acceptors (Lipinski definition) is 4. The van der Waals surface area contributed by atoms with E-state index in [9.17, 15) is 4.39 Å². The van der Waals surface area contributed by atoms with Crippen molar-refractivity contribution in [2.75, 3.05) is 0 Å². The van der Waals surface area contributed by atoms with Gasteiger partial charge in [-0.15, -0.1) is 10.2 Å². The van der Waals surface area contributed by atoms with Crippen molar-refractivity contribution in [3.63, 3.8) is 0 Å². The lowest BCUT2D eigenvalue weighted by Gasteiger charge is -2.18. The van der Waals surface area contributed by atoms with Gasteiger partial charge in [-0.25, -0.2) is 4.39 Å². The van der Waals surface area contributed by atoms with E-state index in [1.807, 2.05) is 20.8 Å². The molecule has 1 N–H and O–H groups in total. The first-order valence-corrected chi connectivity index (χ1v) is 6.67. The topological polar surface area (TPSA) is 51.0 Å². The molecule has 19 heavy (non-hydrogen) atoms. The second-order valence-corrected chi connectivity index (χ2v) is 6.14. The maximum absolute atomic E-state index is 13.7. The van der Waals surface area contributed by atoms with Crippen molar-refractivity contribution in [2.45, 2.75) is 32.9 Å². The molecule has 0 saturated heterocycles. The van der Waals surface area contributed by atoms with Crippen LogP contribution in [0.5, 0.6) is 0 Å². The molecule has 0 unspecified atom stereocenters. The Kier molecular flexibility index (Phi) is 4.01. The van der Waals surface area contributed by atoms with Gasteiger partial charge in [0.05, 0.1) is 12.1 Å². The van der Waals surface area contributed by atoms with E-state index in [1.165, 1.54) is 6.07 Å². The number of nitrogens with zero attached hydrogens (tertiary/aromatic N) is 2. The van der Waals surface area contributed by atoms with E-state index >= 15 is 0 Å². The Balaban J connectivity index is 2.19. The Hall–Kier alpha value is -1.27. The maximum Gasteiger partial charge on any atom is 0.250 e. The molecule has 0 aliphatic heterocycles. The van der Waals surface area contributed by atoms with Crippen molar-refractivity contribution in [3.8, 4) is 11.5 Å². The van der Waals surface area contributed by atoms with Crippen LogP contribution in [0.15, 0.2) is 27.1 Å². The first-order valence-electron chi connectivity index (χ1n) is 5.88. The molecule has 0 atom stereocenters. The molecule has 0 bridgehead atoms. The van der Waals surface area contributed by atoms with Crippen LogP contribution in [0.4, 0.5) is 4.39 Å². The zero-order valence-corrected chi connectivity index (χ0v) is 12.6. The molecule has 1 aromatic carbocycles. The highest BCUT2D eigenvalue weighted by Crippen LogP contribution is 2.25. The van der Waals surface area contributed by atoms with Crippen LogP contribution in [-0.2, 0) is 6.54 Å². The summed E-state index contributed by atoms with van der Waals surface area (Å²) in [7, 11) is 0.